The number of rotatable bonds is 7. The Morgan fingerprint density at radius 3 is 2.47 bits per heavy atom. The summed E-state index contributed by atoms with van der Waals surface area (Å²) < 4.78 is 0. The molecule has 0 bridgehead atoms. The summed E-state index contributed by atoms with van der Waals surface area (Å²) in [6.45, 7) is 2.44. The lowest BCUT2D eigenvalue weighted by molar-refractivity contribution is -0.118. The van der Waals surface area contributed by atoms with Gasteiger partial charge in [-0.05, 0) is 61.4 Å². The SMILES string of the molecule is O=C1NC(=O)C(Cc2ccc(CCNC(=O)c3cc(Cl)ccc3N3CCCCC3)cc2)S1. The van der Waals surface area contributed by atoms with Crippen LogP contribution in [0.25, 0.3) is 0 Å². The van der Waals surface area contributed by atoms with E-state index in [-0.39, 0.29) is 22.3 Å². The largest absolute Gasteiger partial charge is 0.371 e. The van der Waals surface area contributed by atoms with Crippen LogP contribution in [-0.4, -0.2) is 41.9 Å². The lowest BCUT2D eigenvalue weighted by Crippen LogP contribution is -2.33. The van der Waals surface area contributed by atoms with Crippen molar-refractivity contribution in [3.8, 4) is 0 Å². The van der Waals surface area contributed by atoms with Gasteiger partial charge in [0.05, 0.1) is 10.8 Å². The molecule has 168 valence electrons. The van der Waals surface area contributed by atoms with E-state index in [0.717, 1.165) is 54.5 Å². The highest BCUT2D eigenvalue weighted by molar-refractivity contribution is 8.15. The summed E-state index contributed by atoms with van der Waals surface area (Å²) >= 11 is 7.22. The lowest BCUT2D eigenvalue weighted by atomic mass is 10.0. The molecule has 6 nitrogen and oxygen atoms in total. The first kappa shape index (κ1) is 22.7. The third kappa shape index (κ3) is 5.64. The zero-order chi connectivity index (χ0) is 22.5. The summed E-state index contributed by atoms with van der Waals surface area (Å²) in [5.41, 5.74) is 3.67. The molecule has 2 N–H and O–H groups in total. The first-order chi connectivity index (χ1) is 15.5. The van der Waals surface area contributed by atoms with Gasteiger partial charge in [-0.25, -0.2) is 0 Å². The molecule has 1 unspecified atom stereocenters. The fourth-order valence-electron chi connectivity index (χ4n) is 4.10. The van der Waals surface area contributed by atoms with Gasteiger partial charge in [-0.3, -0.25) is 19.7 Å². The quantitative estimate of drug-likeness (QED) is 0.632. The van der Waals surface area contributed by atoms with E-state index >= 15 is 0 Å². The third-order valence-corrected chi connectivity index (χ3v) is 7.03. The molecule has 0 aromatic heterocycles. The highest BCUT2D eigenvalue weighted by Gasteiger charge is 2.31. The molecular weight excluding hydrogens is 446 g/mol. The Labute approximate surface area is 197 Å². The van der Waals surface area contributed by atoms with Crippen molar-refractivity contribution in [1.29, 1.82) is 0 Å². The van der Waals surface area contributed by atoms with Gasteiger partial charge in [0.15, 0.2) is 0 Å². The van der Waals surface area contributed by atoms with Crippen LogP contribution in [0.4, 0.5) is 10.5 Å². The molecule has 0 spiro atoms. The first-order valence-corrected chi connectivity index (χ1v) is 12.2. The number of nitrogens with zero attached hydrogens (tertiary/aromatic N) is 1. The minimum Gasteiger partial charge on any atom is -0.371 e. The molecule has 2 aromatic carbocycles. The summed E-state index contributed by atoms with van der Waals surface area (Å²) in [4.78, 5) is 38.2. The number of carbonyl (C=O) groups excluding carboxylic acids is 3. The van der Waals surface area contributed by atoms with Crippen LogP contribution < -0.4 is 15.5 Å². The Hall–Kier alpha value is -2.51. The molecule has 32 heavy (non-hydrogen) atoms. The number of amides is 3. The number of carbonyl (C=O) groups is 3. The molecule has 0 radical (unpaired) electrons. The van der Waals surface area contributed by atoms with Crippen LogP contribution in [0.3, 0.4) is 0 Å². The van der Waals surface area contributed by atoms with E-state index in [1.54, 1.807) is 6.07 Å². The highest BCUT2D eigenvalue weighted by atomic mass is 35.5. The summed E-state index contributed by atoms with van der Waals surface area (Å²) in [6, 6.07) is 13.5. The molecule has 8 heteroatoms. The van der Waals surface area contributed by atoms with Crippen LogP contribution in [0, 0.1) is 0 Å². The molecule has 2 heterocycles. The smallest absolute Gasteiger partial charge is 0.286 e. The van der Waals surface area contributed by atoms with Crippen LogP contribution in [0.1, 0.15) is 40.7 Å². The molecule has 3 amide bonds. The molecule has 2 aromatic rings. The molecular formula is C24H26ClN3O3S. The maximum atomic E-state index is 12.9. The Bertz CT molecular complexity index is 1010. The Balaban J connectivity index is 1.32. The van der Waals surface area contributed by atoms with Crippen LogP contribution in [-0.2, 0) is 17.6 Å². The van der Waals surface area contributed by atoms with Gasteiger partial charge in [0, 0.05) is 30.3 Å². The fourth-order valence-corrected chi connectivity index (χ4v) is 5.13. The molecule has 0 aliphatic carbocycles. The second-order valence-electron chi connectivity index (χ2n) is 8.12. The van der Waals surface area contributed by atoms with Crippen molar-refractivity contribution >= 4 is 46.1 Å². The summed E-state index contributed by atoms with van der Waals surface area (Å²) in [7, 11) is 0. The lowest BCUT2D eigenvalue weighted by Gasteiger charge is -2.30. The average molecular weight is 472 g/mol. The van der Waals surface area contributed by atoms with Gasteiger partial charge in [0.2, 0.25) is 5.91 Å². The molecule has 2 saturated heterocycles. The Kier molecular flexibility index (Phi) is 7.37. The van der Waals surface area contributed by atoms with Gasteiger partial charge in [0.1, 0.15) is 0 Å². The van der Waals surface area contributed by atoms with E-state index in [1.165, 1.54) is 6.42 Å². The minimum atomic E-state index is -0.362. The number of hydrogen-bond donors (Lipinski definition) is 2. The van der Waals surface area contributed by atoms with Gasteiger partial charge in [-0.1, -0.05) is 47.6 Å². The van der Waals surface area contributed by atoms with Crippen molar-refractivity contribution in [2.24, 2.45) is 0 Å². The summed E-state index contributed by atoms with van der Waals surface area (Å²) in [5, 5.41) is 5.25. The Morgan fingerprint density at radius 2 is 1.78 bits per heavy atom. The van der Waals surface area contributed by atoms with Gasteiger partial charge >= 0.3 is 0 Å². The normalized spacial score (nSPS) is 18.5. The molecule has 0 saturated carbocycles. The molecule has 4 rings (SSSR count). The number of piperidine rings is 1. The van der Waals surface area contributed by atoms with Gasteiger partial charge in [-0.2, -0.15) is 0 Å². The van der Waals surface area contributed by atoms with Gasteiger partial charge in [-0.15, -0.1) is 0 Å². The highest BCUT2D eigenvalue weighted by Crippen LogP contribution is 2.27. The number of halogens is 1. The topological polar surface area (TPSA) is 78.5 Å². The van der Waals surface area contributed by atoms with Crippen LogP contribution in [0.2, 0.25) is 5.02 Å². The van der Waals surface area contributed by atoms with E-state index in [1.807, 2.05) is 36.4 Å². The van der Waals surface area contributed by atoms with E-state index in [4.69, 9.17) is 11.6 Å². The number of benzene rings is 2. The average Bonchev–Trinajstić information content (AvgIpc) is 3.11. The van der Waals surface area contributed by atoms with Crippen molar-refractivity contribution in [1.82, 2.24) is 10.6 Å². The summed E-state index contributed by atoms with van der Waals surface area (Å²) in [5.74, 6) is -0.338. The number of imide groups is 1. The molecule has 2 aliphatic heterocycles. The van der Waals surface area contributed by atoms with Crippen molar-refractivity contribution in [3.63, 3.8) is 0 Å². The van der Waals surface area contributed by atoms with E-state index in [9.17, 15) is 14.4 Å². The minimum absolute atomic E-state index is 0.112. The van der Waals surface area contributed by atoms with Crippen LogP contribution in [0.5, 0.6) is 0 Å². The van der Waals surface area contributed by atoms with Gasteiger partial charge < -0.3 is 10.2 Å². The van der Waals surface area contributed by atoms with Crippen molar-refractivity contribution in [2.45, 2.75) is 37.4 Å². The molecule has 2 fully saturated rings. The monoisotopic (exact) mass is 471 g/mol. The molecule has 2 aliphatic rings. The zero-order valence-electron chi connectivity index (χ0n) is 17.7. The van der Waals surface area contributed by atoms with Crippen molar-refractivity contribution in [3.05, 3.63) is 64.2 Å². The second kappa shape index (κ2) is 10.4. The maximum Gasteiger partial charge on any atom is 0.286 e. The zero-order valence-corrected chi connectivity index (χ0v) is 19.3. The van der Waals surface area contributed by atoms with Gasteiger partial charge in [0.25, 0.3) is 11.1 Å². The molecule has 1 atom stereocenters. The van der Waals surface area contributed by atoms with Crippen molar-refractivity contribution in [2.75, 3.05) is 24.5 Å². The first-order valence-electron chi connectivity index (χ1n) is 10.9. The van der Waals surface area contributed by atoms with Crippen molar-refractivity contribution < 1.29 is 14.4 Å². The Morgan fingerprint density at radius 1 is 1.06 bits per heavy atom. The van der Waals surface area contributed by atoms with Crippen LogP contribution in [0.15, 0.2) is 42.5 Å². The standard InChI is InChI=1S/C24H26ClN3O3S/c25-18-8-9-20(28-12-2-1-3-13-28)19(15-18)22(29)26-11-10-16-4-6-17(7-5-16)14-21-23(30)27-24(31)32-21/h4-9,15,21H,1-3,10-14H2,(H,26,29)(H,27,30,31). The number of nitrogens with one attached hydrogen (secondary N) is 2. The number of thioether (sulfide) groups is 1. The predicted molar refractivity (Wildman–Crippen MR) is 129 cm³/mol. The van der Waals surface area contributed by atoms with Crippen LogP contribution >= 0.6 is 23.4 Å². The number of hydrogen-bond acceptors (Lipinski definition) is 5. The maximum absolute atomic E-state index is 12.9. The van der Waals surface area contributed by atoms with E-state index < -0.39 is 0 Å². The third-order valence-electron chi connectivity index (χ3n) is 5.81. The predicted octanol–water partition coefficient (Wildman–Crippen LogP) is 4.20. The number of anilines is 1. The van der Waals surface area contributed by atoms with E-state index in [2.05, 4.69) is 15.5 Å². The van der Waals surface area contributed by atoms with E-state index in [0.29, 0.717) is 30.0 Å². The summed E-state index contributed by atoms with van der Waals surface area (Å²) in [6.07, 6.45) is 4.73. The fraction of sp³-hybridized carbons (Fsp3) is 0.375. The second-order valence-corrected chi connectivity index (χ2v) is 9.73.